The molecule has 108 heavy (non-hydrogen) atoms. The number of para-hydroxylation sites is 2. The zero-order valence-electron chi connectivity index (χ0n) is 61.9. The molecule has 24 N–H and O–H groups in total. The number of rotatable bonds is 43. The molecular weight excluding hydrogens is 1390 g/mol. The molecule has 2 aromatic heterocycles. The maximum atomic E-state index is 15.4. The number of nitrogens with zero attached hydrogens (tertiary/aromatic N) is 3. The Hall–Kier alpha value is -11.0. The molecule has 0 spiro atoms. The van der Waals surface area contributed by atoms with Gasteiger partial charge in [0.1, 0.15) is 60.4 Å². The number of nitrogens with one attached hydrogen (secondary N) is 10. The number of guanidine groups is 1. The molecule has 0 aliphatic carbocycles. The van der Waals surface area contributed by atoms with Crippen molar-refractivity contribution < 1.29 is 62.3 Å². The van der Waals surface area contributed by atoms with E-state index in [1.807, 2.05) is 45.9 Å². The van der Waals surface area contributed by atoms with Crippen LogP contribution in [0.2, 0.25) is 0 Å². The number of amides is 13. The molecule has 0 radical (unpaired) electrons. The van der Waals surface area contributed by atoms with Crippen molar-refractivity contribution in [3.05, 3.63) is 108 Å². The molecule has 5 aromatic rings. The summed E-state index contributed by atoms with van der Waals surface area (Å²) in [5.74, 6) is -10.6. The van der Waals surface area contributed by atoms with Gasteiger partial charge in [-0.3, -0.25) is 67.3 Å². The Kier molecular flexibility index (Phi) is 32.2. The highest BCUT2D eigenvalue weighted by Gasteiger charge is 2.43. The fraction of sp³-hybridized carbons (Fsp3) is 0.520. The molecule has 2 aliphatic heterocycles. The number of carbonyl (C=O) groups is 13. The highest BCUT2D eigenvalue weighted by atomic mass is 16.2. The normalized spacial score (nSPS) is 16.7. The minimum absolute atomic E-state index is 0.0342. The molecule has 0 unspecified atom stereocenters. The molecule has 33 heteroatoms. The van der Waals surface area contributed by atoms with E-state index in [0.717, 1.165) is 10.9 Å². The van der Waals surface area contributed by atoms with Gasteiger partial charge >= 0.3 is 0 Å². The van der Waals surface area contributed by atoms with Crippen LogP contribution in [0.15, 0.2) is 96.2 Å². The van der Waals surface area contributed by atoms with Crippen molar-refractivity contribution >= 4 is 105 Å². The molecule has 11 atom stereocenters. The van der Waals surface area contributed by atoms with E-state index in [9.17, 15) is 47.9 Å². The van der Waals surface area contributed by atoms with Crippen LogP contribution in [0.5, 0.6) is 0 Å². The predicted molar refractivity (Wildman–Crippen MR) is 405 cm³/mol. The van der Waals surface area contributed by atoms with Gasteiger partial charge in [-0.2, -0.15) is 0 Å². The Morgan fingerprint density at radius 1 is 0.463 bits per heavy atom. The lowest BCUT2D eigenvalue weighted by atomic mass is 9.98. The van der Waals surface area contributed by atoms with Crippen LogP contribution in [0.25, 0.3) is 21.8 Å². The summed E-state index contributed by atoms with van der Waals surface area (Å²) in [5.41, 5.74) is 43.1. The van der Waals surface area contributed by atoms with Gasteiger partial charge in [-0.25, -0.2) is 0 Å². The second-order valence-electron chi connectivity index (χ2n) is 28.7. The average molecular weight is 1500 g/mol. The van der Waals surface area contributed by atoms with Crippen molar-refractivity contribution in [3.8, 4) is 0 Å². The fourth-order valence-corrected chi connectivity index (χ4v) is 13.6. The van der Waals surface area contributed by atoms with Gasteiger partial charge in [0.15, 0.2) is 5.96 Å². The van der Waals surface area contributed by atoms with Gasteiger partial charge in [0, 0.05) is 85.9 Å². The monoisotopic (exact) mass is 1500 g/mol. The van der Waals surface area contributed by atoms with E-state index < -0.39 is 169 Å². The van der Waals surface area contributed by atoms with Crippen molar-refractivity contribution in [2.75, 3.05) is 26.2 Å². The quantitative estimate of drug-likeness (QED) is 0.0128. The minimum Gasteiger partial charge on any atom is -0.370 e. The van der Waals surface area contributed by atoms with Gasteiger partial charge < -0.3 is 102 Å². The number of hydrogen-bond donors (Lipinski definition) is 17. The minimum atomic E-state index is -1.69. The first-order valence-electron chi connectivity index (χ1n) is 37.1. The summed E-state index contributed by atoms with van der Waals surface area (Å²) >= 11 is 0. The molecule has 3 aromatic carbocycles. The maximum Gasteiger partial charge on any atom is 0.245 e. The first-order chi connectivity index (χ1) is 51.5. The van der Waals surface area contributed by atoms with Crippen molar-refractivity contribution in [1.29, 1.82) is 0 Å². The van der Waals surface area contributed by atoms with Gasteiger partial charge in [-0.1, -0.05) is 94.4 Å². The Labute approximate surface area is 627 Å². The lowest BCUT2D eigenvalue weighted by Crippen LogP contribution is -2.61. The van der Waals surface area contributed by atoms with E-state index in [1.54, 1.807) is 73.1 Å². The lowest BCUT2D eigenvalue weighted by Gasteiger charge is -2.32. The third-order valence-electron chi connectivity index (χ3n) is 19.2. The van der Waals surface area contributed by atoms with Gasteiger partial charge in [0.2, 0.25) is 76.8 Å². The van der Waals surface area contributed by atoms with Crippen molar-refractivity contribution in [1.82, 2.24) is 62.3 Å². The summed E-state index contributed by atoms with van der Waals surface area (Å²) in [7, 11) is 0. The smallest absolute Gasteiger partial charge is 0.245 e. The third-order valence-corrected chi connectivity index (χ3v) is 19.2. The number of fused-ring (bicyclic) bond motifs is 2. The number of primary amides is 3. The van der Waals surface area contributed by atoms with Crippen molar-refractivity contribution in [2.45, 2.75) is 210 Å². The van der Waals surface area contributed by atoms with E-state index in [0.29, 0.717) is 66.1 Å². The second-order valence-corrected chi connectivity index (χ2v) is 28.7. The zero-order chi connectivity index (χ0) is 78.7. The number of hydrogen-bond acceptors (Lipinski definition) is 16. The molecule has 586 valence electrons. The van der Waals surface area contributed by atoms with Gasteiger partial charge in [0.05, 0.1) is 6.04 Å². The molecule has 0 saturated carbocycles. The van der Waals surface area contributed by atoms with E-state index >= 15 is 14.4 Å². The Morgan fingerprint density at radius 3 is 1.36 bits per heavy atom. The van der Waals surface area contributed by atoms with Gasteiger partial charge in [0.25, 0.3) is 0 Å². The highest BCUT2D eigenvalue weighted by Crippen LogP contribution is 2.26. The largest absolute Gasteiger partial charge is 0.370 e. The topological polar surface area (TPSA) is 551 Å². The molecule has 2 fully saturated rings. The van der Waals surface area contributed by atoms with Crippen LogP contribution in [0.3, 0.4) is 0 Å². The number of likely N-dealkylation sites (tertiary alicyclic amines) is 2. The van der Waals surface area contributed by atoms with Crippen molar-refractivity contribution in [2.24, 2.45) is 57.0 Å². The molecule has 33 nitrogen and oxygen atoms in total. The van der Waals surface area contributed by atoms with Crippen molar-refractivity contribution in [3.63, 3.8) is 0 Å². The van der Waals surface area contributed by atoms with Crippen LogP contribution in [0.4, 0.5) is 0 Å². The number of carbonyl (C=O) groups excluding carboxylic acids is 13. The van der Waals surface area contributed by atoms with E-state index in [-0.39, 0.29) is 95.3 Å². The zero-order valence-corrected chi connectivity index (χ0v) is 61.9. The summed E-state index contributed by atoms with van der Waals surface area (Å²) in [4.78, 5) is 197. The number of unbranched alkanes of at least 4 members (excludes halogenated alkanes) is 1. The standard InChI is InChI=1S/C75H108N20O13/c1-42(2)35-55(64(80)98)89-67(101)56(36-43(3)4)90-69(103)59(39-46-41-85-51-23-11-9-20-48(46)51)93-68(102)57(37-44-17-6-5-7-18-44)91-70(104)58(38-45-40-84-50-22-10-8-19-47(45)50)92-66(100)52(27-29-62(78)96)86-65(99)53(28-30-63(79)97)87-71(105)61-26-16-34-95(61)74(108)54(24-12-13-31-76)88-72(106)60-25-15-33-94(60)73(107)49(77)21-14-32-83-75(81)82/h5-11,17-20,22-23,40-43,49,52-61,84-85H,12-16,21,24-39,76-77H2,1-4H3,(H2,78,96)(H2,79,97)(H2,80,98)(H,86,99)(H,87,105)(H,88,106)(H,89,101)(H,90,103)(H,91,104)(H,92,100)(H,93,102)(H4,81,82,83)/t49-,52+,53+,54+,55-,56+,57+,58-,59-,60+,61+/m1/s1. The highest BCUT2D eigenvalue weighted by molar-refractivity contribution is 6.00. The number of H-pyrrole nitrogens is 2. The maximum absolute atomic E-state index is 15.4. The van der Waals surface area contributed by atoms with E-state index in [1.165, 1.54) is 9.80 Å². The third kappa shape index (κ3) is 25.1. The number of aliphatic imine (C=N–C) groups is 1. The second kappa shape index (κ2) is 41.2. The number of benzene rings is 3. The van der Waals surface area contributed by atoms with E-state index in [4.69, 9.17) is 40.1 Å². The van der Waals surface area contributed by atoms with Crippen LogP contribution in [-0.4, -0.2) is 195 Å². The van der Waals surface area contributed by atoms with Gasteiger partial charge in [-0.05, 0) is 131 Å². The van der Waals surface area contributed by atoms with Gasteiger partial charge in [-0.15, -0.1) is 0 Å². The van der Waals surface area contributed by atoms with Crippen LogP contribution >= 0.6 is 0 Å². The van der Waals surface area contributed by atoms with Crippen LogP contribution < -0.4 is 82.7 Å². The summed E-state index contributed by atoms with van der Waals surface area (Å²) in [6, 6.07) is 8.67. The first-order valence-corrected chi connectivity index (χ1v) is 37.1. The molecule has 0 bridgehead atoms. The molecular formula is C75H108N20O13. The number of aromatic amines is 2. The summed E-state index contributed by atoms with van der Waals surface area (Å²) < 4.78 is 0. The average Bonchev–Trinajstić information content (AvgIpc) is 1.64. The Morgan fingerprint density at radius 2 is 0.880 bits per heavy atom. The number of nitrogens with two attached hydrogens (primary N) is 7. The predicted octanol–water partition coefficient (Wildman–Crippen LogP) is -0.844. The molecule has 2 aliphatic rings. The summed E-state index contributed by atoms with van der Waals surface area (Å²) in [5, 5.41) is 23.5. The Bertz CT molecular complexity index is 3990. The molecule has 4 heterocycles. The Balaban J connectivity index is 1.15. The fourth-order valence-electron chi connectivity index (χ4n) is 13.6. The molecule has 7 rings (SSSR count). The SMILES string of the molecule is CC(C)C[C@H](NC(=O)[C@@H](Cc1c[nH]c2ccccc12)NC(=O)[C@H](Cc1ccccc1)NC(=O)[C@@H](Cc1c[nH]c2ccccc12)NC(=O)[C@H](CCC(N)=O)NC(=O)[C@H](CCC(N)=O)NC(=O)[C@@H]1CCCN1C(=O)[C@H](CCCCN)NC(=O)[C@@H]1CCCN1C(=O)[C@H](N)CCCN=C(N)N)C(=O)N[C@H](CC(C)C)C(N)=O. The summed E-state index contributed by atoms with van der Waals surface area (Å²) in [6.45, 7) is 8.24. The lowest BCUT2D eigenvalue weighted by molar-refractivity contribution is -0.144. The van der Waals surface area contributed by atoms with E-state index in [2.05, 4.69) is 57.5 Å². The molecule has 2 saturated heterocycles. The van der Waals surface area contributed by atoms with Crippen LogP contribution in [0, 0.1) is 11.8 Å². The van der Waals surface area contributed by atoms with Crippen LogP contribution in [-0.2, 0) is 81.6 Å². The molecule has 13 amide bonds. The first kappa shape index (κ1) is 84.3. The van der Waals surface area contributed by atoms with Crippen LogP contribution in [0.1, 0.15) is 141 Å². The number of aromatic nitrogens is 2. The summed E-state index contributed by atoms with van der Waals surface area (Å²) in [6.07, 6.45) is 4.13.